The Bertz CT molecular complexity index is 1020. The van der Waals surface area contributed by atoms with E-state index in [1.165, 1.54) is 12.1 Å². The number of halogens is 1. The normalized spacial score (nSPS) is 18.2. The highest BCUT2D eigenvalue weighted by atomic mass is 19.1. The molecule has 2 atom stereocenters. The van der Waals surface area contributed by atoms with Crippen molar-refractivity contribution >= 4 is 5.97 Å². The smallest absolute Gasteiger partial charge is 0.336 e. The highest BCUT2D eigenvalue weighted by Gasteiger charge is 2.30. The zero-order valence-corrected chi connectivity index (χ0v) is 15.0. The minimum Gasteiger partial charge on any atom is -0.493 e. The zero-order valence-electron chi connectivity index (χ0n) is 15.0. The maximum atomic E-state index is 13.7. The molecule has 0 radical (unpaired) electrons. The Balaban J connectivity index is 1.64. The monoisotopic (exact) mass is 378 g/mol. The van der Waals surface area contributed by atoms with Crippen molar-refractivity contribution in [3.63, 3.8) is 0 Å². The van der Waals surface area contributed by atoms with Crippen LogP contribution in [0.1, 0.15) is 27.6 Å². The SMILES string of the molecule is O=C(O)c1ccc(F)cc1-c1ccc2c(c1)OC[C@@H](Cc1ccccc1)[C@@H]2O. The first-order valence-electron chi connectivity index (χ1n) is 9.05. The molecule has 5 heteroatoms. The molecule has 0 aliphatic carbocycles. The fraction of sp³-hybridized carbons (Fsp3) is 0.174. The van der Waals surface area contributed by atoms with Gasteiger partial charge in [-0.1, -0.05) is 42.5 Å². The summed E-state index contributed by atoms with van der Waals surface area (Å²) in [5.41, 5.74) is 2.61. The largest absolute Gasteiger partial charge is 0.493 e. The molecule has 0 aromatic heterocycles. The summed E-state index contributed by atoms with van der Waals surface area (Å²) >= 11 is 0. The molecule has 1 heterocycles. The summed E-state index contributed by atoms with van der Waals surface area (Å²) in [6.07, 6.45) is 0.000416. The predicted molar refractivity (Wildman–Crippen MR) is 103 cm³/mol. The minimum absolute atomic E-state index is 0.0136. The third-order valence-electron chi connectivity index (χ3n) is 5.10. The van der Waals surface area contributed by atoms with E-state index in [1.807, 2.05) is 30.3 Å². The second kappa shape index (κ2) is 7.44. The van der Waals surface area contributed by atoms with E-state index in [4.69, 9.17) is 4.74 Å². The Hall–Kier alpha value is -3.18. The summed E-state index contributed by atoms with van der Waals surface area (Å²) in [6, 6.07) is 18.6. The number of fused-ring (bicyclic) bond motifs is 1. The average Bonchev–Trinajstić information content (AvgIpc) is 2.70. The third-order valence-corrected chi connectivity index (χ3v) is 5.10. The fourth-order valence-electron chi connectivity index (χ4n) is 3.64. The van der Waals surface area contributed by atoms with Gasteiger partial charge in [0.1, 0.15) is 11.6 Å². The molecule has 4 rings (SSSR count). The van der Waals surface area contributed by atoms with Gasteiger partial charge < -0.3 is 14.9 Å². The van der Waals surface area contributed by atoms with Crippen LogP contribution in [0.4, 0.5) is 4.39 Å². The van der Waals surface area contributed by atoms with Crippen LogP contribution in [0.5, 0.6) is 5.75 Å². The molecule has 1 aliphatic rings. The van der Waals surface area contributed by atoms with E-state index < -0.39 is 17.9 Å². The standard InChI is InChI=1S/C23H19FO4/c24-17-7-9-18(23(26)27)20(12-17)15-6-8-19-21(11-15)28-13-16(22(19)25)10-14-4-2-1-3-5-14/h1-9,11-12,16,22,25H,10,13H2,(H,26,27)/t16-,22+/m1/s1. The van der Waals surface area contributed by atoms with E-state index in [0.717, 1.165) is 11.6 Å². The number of ether oxygens (including phenoxy) is 1. The van der Waals surface area contributed by atoms with Crippen molar-refractivity contribution < 1.29 is 24.1 Å². The molecule has 3 aromatic carbocycles. The van der Waals surface area contributed by atoms with Gasteiger partial charge in [-0.2, -0.15) is 0 Å². The molecule has 28 heavy (non-hydrogen) atoms. The van der Waals surface area contributed by atoms with Gasteiger partial charge in [-0.25, -0.2) is 9.18 Å². The molecule has 0 unspecified atom stereocenters. The first-order valence-corrected chi connectivity index (χ1v) is 9.05. The highest BCUT2D eigenvalue weighted by Crippen LogP contribution is 2.39. The lowest BCUT2D eigenvalue weighted by Crippen LogP contribution is -2.27. The van der Waals surface area contributed by atoms with Crippen molar-refractivity contribution in [3.8, 4) is 16.9 Å². The number of carboxylic acid groups (broad SMARTS) is 1. The van der Waals surface area contributed by atoms with Gasteiger partial charge in [-0.15, -0.1) is 0 Å². The van der Waals surface area contributed by atoms with Gasteiger partial charge in [0, 0.05) is 11.5 Å². The lowest BCUT2D eigenvalue weighted by Gasteiger charge is -2.31. The predicted octanol–water partition coefficient (Wildman–Crippen LogP) is 4.48. The fourth-order valence-corrected chi connectivity index (χ4v) is 3.64. The molecular formula is C23H19FO4. The van der Waals surface area contributed by atoms with Gasteiger partial charge in [0.2, 0.25) is 0 Å². The quantitative estimate of drug-likeness (QED) is 0.703. The lowest BCUT2D eigenvalue weighted by molar-refractivity contribution is 0.0508. The molecule has 0 saturated heterocycles. The van der Waals surface area contributed by atoms with Gasteiger partial charge >= 0.3 is 5.97 Å². The Morgan fingerprint density at radius 1 is 1.07 bits per heavy atom. The highest BCUT2D eigenvalue weighted by molar-refractivity contribution is 5.96. The van der Waals surface area contributed by atoms with E-state index in [0.29, 0.717) is 29.9 Å². The third kappa shape index (κ3) is 3.49. The average molecular weight is 378 g/mol. The van der Waals surface area contributed by atoms with Crippen LogP contribution in [0.15, 0.2) is 66.7 Å². The number of carboxylic acids is 1. The topological polar surface area (TPSA) is 66.8 Å². The van der Waals surface area contributed by atoms with Crippen LogP contribution in [0.25, 0.3) is 11.1 Å². The Kier molecular flexibility index (Phi) is 4.84. The zero-order chi connectivity index (χ0) is 19.7. The van der Waals surface area contributed by atoms with E-state index >= 15 is 0 Å². The van der Waals surface area contributed by atoms with Crippen molar-refractivity contribution in [2.45, 2.75) is 12.5 Å². The molecular weight excluding hydrogens is 359 g/mol. The molecule has 0 bridgehead atoms. The number of carbonyl (C=O) groups is 1. The summed E-state index contributed by atoms with van der Waals surface area (Å²) in [5, 5.41) is 20.2. The van der Waals surface area contributed by atoms with Crippen LogP contribution in [0.2, 0.25) is 0 Å². The van der Waals surface area contributed by atoms with E-state index in [-0.39, 0.29) is 17.0 Å². The summed E-state index contributed by atoms with van der Waals surface area (Å²) < 4.78 is 19.6. The lowest BCUT2D eigenvalue weighted by atomic mass is 9.87. The van der Waals surface area contributed by atoms with Crippen molar-refractivity contribution in [3.05, 3.63) is 89.2 Å². The van der Waals surface area contributed by atoms with Gasteiger partial charge in [-0.3, -0.25) is 0 Å². The molecule has 142 valence electrons. The van der Waals surface area contributed by atoms with Crippen LogP contribution in [-0.4, -0.2) is 22.8 Å². The number of aliphatic hydroxyl groups excluding tert-OH is 1. The molecule has 0 saturated carbocycles. The molecule has 2 N–H and O–H groups in total. The molecule has 0 spiro atoms. The van der Waals surface area contributed by atoms with Crippen LogP contribution in [0, 0.1) is 11.7 Å². The van der Waals surface area contributed by atoms with Crippen molar-refractivity contribution in [2.24, 2.45) is 5.92 Å². The van der Waals surface area contributed by atoms with E-state index in [9.17, 15) is 19.4 Å². The van der Waals surface area contributed by atoms with Crippen LogP contribution >= 0.6 is 0 Å². The Morgan fingerprint density at radius 3 is 2.61 bits per heavy atom. The summed E-state index contributed by atoms with van der Waals surface area (Å²) in [6.45, 7) is 0.349. The maximum absolute atomic E-state index is 13.7. The number of aliphatic hydroxyl groups is 1. The van der Waals surface area contributed by atoms with Crippen LogP contribution in [-0.2, 0) is 6.42 Å². The maximum Gasteiger partial charge on any atom is 0.336 e. The van der Waals surface area contributed by atoms with Gasteiger partial charge in [0.05, 0.1) is 18.3 Å². The van der Waals surface area contributed by atoms with E-state index in [1.54, 1.807) is 18.2 Å². The van der Waals surface area contributed by atoms with Crippen LogP contribution < -0.4 is 4.74 Å². The number of aromatic carboxylic acids is 1. The van der Waals surface area contributed by atoms with Gasteiger partial charge in [-0.05, 0) is 47.4 Å². The minimum atomic E-state index is -1.13. The van der Waals surface area contributed by atoms with E-state index in [2.05, 4.69) is 0 Å². The summed E-state index contributed by atoms with van der Waals surface area (Å²) in [5.74, 6) is -1.22. The summed E-state index contributed by atoms with van der Waals surface area (Å²) in [7, 11) is 0. The number of rotatable bonds is 4. The molecule has 3 aromatic rings. The van der Waals surface area contributed by atoms with Gasteiger partial charge in [0.15, 0.2) is 0 Å². The van der Waals surface area contributed by atoms with Gasteiger partial charge in [0.25, 0.3) is 0 Å². The Morgan fingerprint density at radius 2 is 1.86 bits per heavy atom. The van der Waals surface area contributed by atoms with Crippen LogP contribution in [0.3, 0.4) is 0 Å². The van der Waals surface area contributed by atoms with Crippen molar-refractivity contribution in [1.82, 2.24) is 0 Å². The van der Waals surface area contributed by atoms with Crippen molar-refractivity contribution in [2.75, 3.05) is 6.61 Å². The number of hydrogen-bond donors (Lipinski definition) is 2. The second-order valence-corrected chi connectivity index (χ2v) is 6.95. The first-order chi connectivity index (χ1) is 13.5. The first kappa shape index (κ1) is 18.2. The molecule has 4 nitrogen and oxygen atoms in total. The number of benzene rings is 3. The molecule has 0 amide bonds. The van der Waals surface area contributed by atoms with Crippen molar-refractivity contribution in [1.29, 1.82) is 0 Å². The Labute approximate surface area is 161 Å². The summed E-state index contributed by atoms with van der Waals surface area (Å²) in [4.78, 5) is 11.5. The second-order valence-electron chi connectivity index (χ2n) is 6.95. The molecule has 1 aliphatic heterocycles. The molecule has 0 fully saturated rings. The number of hydrogen-bond acceptors (Lipinski definition) is 3.